The standard InChI is InChI=1S/C11H12O4.C6H15N/c1-3-7-4-5-8(10(12)13)6(2)9(7)11(14)15;1-5(2)7-6(3)4/h4-5H,3H2,1-2H3,(H,12,13)(H,14,15);5-7H,1-4H3. The van der Waals surface area contributed by atoms with Gasteiger partial charge in [0, 0.05) is 12.1 Å². The molecule has 0 spiro atoms. The zero-order valence-corrected chi connectivity index (χ0v) is 14.2. The second kappa shape index (κ2) is 9.20. The maximum atomic E-state index is 11.0. The second-order valence-corrected chi connectivity index (χ2v) is 5.71. The molecule has 0 aliphatic heterocycles. The smallest absolute Gasteiger partial charge is 0.336 e. The van der Waals surface area contributed by atoms with Gasteiger partial charge in [-0.05, 0) is 30.5 Å². The van der Waals surface area contributed by atoms with Crippen LogP contribution in [-0.4, -0.2) is 34.2 Å². The van der Waals surface area contributed by atoms with Crippen molar-refractivity contribution in [1.29, 1.82) is 0 Å². The number of rotatable bonds is 5. The molecular weight excluding hydrogens is 282 g/mol. The molecule has 0 radical (unpaired) electrons. The van der Waals surface area contributed by atoms with Crippen molar-refractivity contribution in [3.05, 3.63) is 34.4 Å². The monoisotopic (exact) mass is 309 g/mol. The SMILES string of the molecule is CC(C)NC(C)C.CCc1ccc(C(=O)O)c(C)c1C(=O)O. The van der Waals surface area contributed by atoms with Crippen LogP contribution in [0.5, 0.6) is 0 Å². The van der Waals surface area contributed by atoms with Crippen LogP contribution in [0.2, 0.25) is 0 Å². The Hall–Kier alpha value is -1.88. The van der Waals surface area contributed by atoms with Crippen molar-refractivity contribution in [2.45, 2.75) is 60.0 Å². The second-order valence-electron chi connectivity index (χ2n) is 5.71. The Morgan fingerprint density at radius 3 is 1.82 bits per heavy atom. The third-order valence-corrected chi connectivity index (χ3v) is 3.04. The fraction of sp³-hybridized carbons (Fsp3) is 0.529. The first-order valence-electron chi connectivity index (χ1n) is 7.46. The van der Waals surface area contributed by atoms with Gasteiger partial charge in [-0.2, -0.15) is 0 Å². The van der Waals surface area contributed by atoms with Crippen LogP contribution in [0.1, 0.15) is 66.5 Å². The van der Waals surface area contributed by atoms with Gasteiger partial charge >= 0.3 is 11.9 Å². The summed E-state index contributed by atoms with van der Waals surface area (Å²) in [5.74, 6) is -2.18. The highest BCUT2D eigenvalue weighted by Gasteiger charge is 2.18. The molecule has 0 aromatic heterocycles. The van der Waals surface area contributed by atoms with Crippen molar-refractivity contribution in [2.75, 3.05) is 0 Å². The molecule has 0 unspecified atom stereocenters. The van der Waals surface area contributed by atoms with Crippen molar-refractivity contribution in [1.82, 2.24) is 5.32 Å². The lowest BCUT2D eigenvalue weighted by atomic mass is 9.95. The molecule has 0 bridgehead atoms. The number of hydrogen-bond donors (Lipinski definition) is 3. The minimum atomic E-state index is -1.10. The van der Waals surface area contributed by atoms with E-state index in [4.69, 9.17) is 10.2 Å². The summed E-state index contributed by atoms with van der Waals surface area (Å²) in [6.45, 7) is 12.0. The summed E-state index contributed by atoms with van der Waals surface area (Å²) in [6, 6.07) is 4.25. The van der Waals surface area contributed by atoms with Crippen LogP contribution in [0.15, 0.2) is 12.1 Å². The Bertz CT molecular complexity index is 516. The number of hydrogen-bond acceptors (Lipinski definition) is 3. The molecule has 0 fully saturated rings. The van der Waals surface area contributed by atoms with Crippen LogP contribution in [0.4, 0.5) is 0 Å². The van der Waals surface area contributed by atoms with Gasteiger partial charge in [0.1, 0.15) is 0 Å². The Balaban J connectivity index is 0.000000534. The first kappa shape index (κ1) is 20.1. The summed E-state index contributed by atoms with van der Waals surface area (Å²) in [6.07, 6.45) is 0.572. The van der Waals surface area contributed by atoms with E-state index >= 15 is 0 Å². The minimum Gasteiger partial charge on any atom is -0.478 e. The molecular formula is C17H27NO4. The molecule has 0 saturated heterocycles. The van der Waals surface area contributed by atoms with E-state index in [1.807, 2.05) is 6.92 Å². The number of aromatic carboxylic acids is 2. The summed E-state index contributed by atoms with van der Waals surface area (Å²) in [5.41, 5.74) is 1.13. The van der Waals surface area contributed by atoms with Crippen LogP contribution < -0.4 is 5.32 Å². The van der Waals surface area contributed by atoms with E-state index in [0.29, 0.717) is 29.6 Å². The topological polar surface area (TPSA) is 86.6 Å². The fourth-order valence-electron chi connectivity index (χ4n) is 2.26. The predicted molar refractivity (Wildman–Crippen MR) is 87.9 cm³/mol. The number of nitrogens with one attached hydrogen (secondary N) is 1. The zero-order chi connectivity index (χ0) is 17.4. The zero-order valence-electron chi connectivity index (χ0n) is 14.2. The van der Waals surface area contributed by atoms with Crippen molar-refractivity contribution in [2.24, 2.45) is 0 Å². The average Bonchev–Trinajstić information content (AvgIpc) is 2.36. The van der Waals surface area contributed by atoms with Crippen LogP contribution in [0, 0.1) is 6.92 Å². The molecule has 0 aliphatic carbocycles. The van der Waals surface area contributed by atoms with Crippen LogP contribution in [0.3, 0.4) is 0 Å². The molecule has 5 heteroatoms. The van der Waals surface area contributed by atoms with Crippen molar-refractivity contribution < 1.29 is 19.8 Å². The normalized spacial score (nSPS) is 10.4. The van der Waals surface area contributed by atoms with E-state index < -0.39 is 11.9 Å². The van der Waals surface area contributed by atoms with E-state index in [2.05, 4.69) is 33.0 Å². The van der Waals surface area contributed by atoms with E-state index in [0.717, 1.165) is 0 Å². The number of aryl methyl sites for hydroxylation is 1. The summed E-state index contributed by atoms with van der Waals surface area (Å²) >= 11 is 0. The van der Waals surface area contributed by atoms with Gasteiger partial charge in [0.25, 0.3) is 0 Å². The van der Waals surface area contributed by atoms with Crippen molar-refractivity contribution >= 4 is 11.9 Å². The summed E-state index contributed by atoms with van der Waals surface area (Å²) in [4.78, 5) is 21.8. The molecule has 3 N–H and O–H groups in total. The highest BCUT2D eigenvalue weighted by Crippen LogP contribution is 2.19. The number of benzene rings is 1. The van der Waals surface area contributed by atoms with Crippen molar-refractivity contribution in [3.63, 3.8) is 0 Å². The maximum Gasteiger partial charge on any atom is 0.336 e. The third kappa shape index (κ3) is 6.26. The summed E-state index contributed by atoms with van der Waals surface area (Å²) in [7, 11) is 0. The quantitative estimate of drug-likeness (QED) is 0.776. The number of carbonyl (C=O) groups is 2. The van der Waals surface area contributed by atoms with Gasteiger partial charge in [-0.1, -0.05) is 40.7 Å². The highest BCUT2D eigenvalue weighted by atomic mass is 16.4. The molecule has 1 rings (SSSR count). The predicted octanol–water partition coefficient (Wildman–Crippen LogP) is 3.35. The van der Waals surface area contributed by atoms with Gasteiger partial charge in [0.05, 0.1) is 11.1 Å². The maximum absolute atomic E-state index is 11.0. The molecule has 0 amide bonds. The molecule has 1 aromatic carbocycles. The Labute approximate surface area is 132 Å². The lowest BCUT2D eigenvalue weighted by molar-refractivity contribution is 0.0695. The number of carboxylic acids is 2. The molecule has 5 nitrogen and oxygen atoms in total. The minimum absolute atomic E-state index is 0.0459. The average molecular weight is 309 g/mol. The summed E-state index contributed by atoms with van der Waals surface area (Å²) in [5, 5.41) is 21.1. The molecule has 0 saturated carbocycles. The molecule has 0 atom stereocenters. The van der Waals surface area contributed by atoms with Crippen LogP contribution >= 0.6 is 0 Å². The van der Waals surface area contributed by atoms with E-state index in [9.17, 15) is 9.59 Å². The third-order valence-electron chi connectivity index (χ3n) is 3.04. The molecule has 124 valence electrons. The van der Waals surface area contributed by atoms with Gasteiger partial charge in [0.2, 0.25) is 0 Å². The largest absolute Gasteiger partial charge is 0.478 e. The van der Waals surface area contributed by atoms with Gasteiger partial charge in [-0.3, -0.25) is 0 Å². The molecule has 0 aliphatic rings. The van der Waals surface area contributed by atoms with E-state index in [1.165, 1.54) is 13.0 Å². The van der Waals surface area contributed by atoms with E-state index in [-0.39, 0.29) is 11.1 Å². The lowest BCUT2D eigenvalue weighted by Crippen LogP contribution is -2.29. The van der Waals surface area contributed by atoms with Gasteiger partial charge in [-0.25, -0.2) is 9.59 Å². The van der Waals surface area contributed by atoms with E-state index in [1.54, 1.807) is 6.07 Å². The molecule has 0 heterocycles. The lowest BCUT2D eigenvalue weighted by Gasteiger charge is -2.10. The number of carboxylic acid groups (broad SMARTS) is 2. The highest BCUT2D eigenvalue weighted by molar-refractivity contribution is 5.97. The Kier molecular flexibility index (Phi) is 8.42. The van der Waals surface area contributed by atoms with Gasteiger partial charge in [0.15, 0.2) is 0 Å². The Morgan fingerprint density at radius 1 is 1.05 bits per heavy atom. The van der Waals surface area contributed by atoms with Crippen molar-refractivity contribution in [3.8, 4) is 0 Å². The van der Waals surface area contributed by atoms with Crippen LogP contribution in [0.25, 0.3) is 0 Å². The van der Waals surface area contributed by atoms with Crippen LogP contribution in [-0.2, 0) is 6.42 Å². The van der Waals surface area contributed by atoms with Gasteiger partial charge < -0.3 is 15.5 Å². The summed E-state index contributed by atoms with van der Waals surface area (Å²) < 4.78 is 0. The first-order valence-corrected chi connectivity index (χ1v) is 7.46. The fourth-order valence-corrected chi connectivity index (χ4v) is 2.26. The molecule has 1 aromatic rings. The van der Waals surface area contributed by atoms with Gasteiger partial charge in [-0.15, -0.1) is 0 Å². The Morgan fingerprint density at radius 2 is 1.55 bits per heavy atom. The molecule has 22 heavy (non-hydrogen) atoms. The first-order chi connectivity index (χ1) is 10.1.